The van der Waals surface area contributed by atoms with Crippen LogP contribution in [0.25, 0.3) is 11.1 Å². The number of likely N-dealkylation sites (tertiary alicyclic amines) is 1. The van der Waals surface area contributed by atoms with Crippen LogP contribution in [0.2, 0.25) is 5.02 Å². The number of aliphatic hydroxyl groups is 1. The second-order valence-electron chi connectivity index (χ2n) is 11.9. The molecule has 2 aromatic rings. The molecule has 8 heteroatoms. The highest BCUT2D eigenvalue weighted by atomic mass is 35.5. The Labute approximate surface area is 249 Å². The Hall–Kier alpha value is -2.61. The Morgan fingerprint density at radius 2 is 1.85 bits per heavy atom. The van der Waals surface area contributed by atoms with Gasteiger partial charge in [-0.3, -0.25) is 4.79 Å². The number of hydrogen-bond acceptors (Lipinski definition) is 4. The first-order valence-corrected chi connectivity index (χ1v) is 15.7. The molecule has 2 unspecified atom stereocenters. The minimum atomic E-state index is -1.29. The van der Waals surface area contributed by atoms with Gasteiger partial charge >= 0.3 is 6.09 Å². The summed E-state index contributed by atoms with van der Waals surface area (Å²) in [5, 5.41) is 28.1. The number of halogens is 1. The SMILES string of the molecule is CCc1cccc(-c2c(Cl)cccc2C(O)(CCCNC(=O)O)C2CCCN(C(=O)C3CCC(CNC)CC3)C2)c1. The molecular formula is C33H46ClN3O4. The van der Waals surface area contributed by atoms with Crippen LogP contribution in [-0.4, -0.2) is 60.3 Å². The van der Waals surface area contributed by atoms with Crippen LogP contribution >= 0.6 is 11.6 Å². The topological polar surface area (TPSA) is 102 Å². The van der Waals surface area contributed by atoms with Gasteiger partial charge in [-0.05, 0) is 100 Å². The van der Waals surface area contributed by atoms with Gasteiger partial charge in [-0.2, -0.15) is 0 Å². The highest BCUT2D eigenvalue weighted by Gasteiger charge is 2.43. The third-order valence-corrected chi connectivity index (χ3v) is 9.53. The molecular weight excluding hydrogens is 538 g/mol. The van der Waals surface area contributed by atoms with E-state index in [0.29, 0.717) is 36.9 Å². The molecule has 1 saturated heterocycles. The molecule has 1 aliphatic heterocycles. The molecule has 0 aromatic heterocycles. The molecule has 2 fully saturated rings. The smallest absolute Gasteiger partial charge is 0.404 e. The lowest BCUT2D eigenvalue weighted by Gasteiger charge is -2.44. The minimum Gasteiger partial charge on any atom is -0.465 e. The second-order valence-corrected chi connectivity index (χ2v) is 12.3. The summed E-state index contributed by atoms with van der Waals surface area (Å²) in [5.74, 6) is 0.704. The Kier molecular flexibility index (Phi) is 11.1. The average Bonchev–Trinajstić information content (AvgIpc) is 2.99. The maximum atomic E-state index is 13.7. The van der Waals surface area contributed by atoms with Crippen LogP contribution in [0.1, 0.15) is 69.4 Å². The first-order valence-electron chi connectivity index (χ1n) is 15.3. The van der Waals surface area contributed by atoms with Crippen LogP contribution in [0, 0.1) is 17.8 Å². The third-order valence-electron chi connectivity index (χ3n) is 9.21. The fourth-order valence-corrected chi connectivity index (χ4v) is 7.25. The first kappa shape index (κ1) is 31.3. The van der Waals surface area contributed by atoms with Crippen LogP contribution in [-0.2, 0) is 16.8 Å². The van der Waals surface area contributed by atoms with Gasteiger partial charge in [0.1, 0.15) is 0 Å². The lowest BCUT2D eigenvalue weighted by Crippen LogP contribution is -2.50. The lowest BCUT2D eigenvalue weighted by molar-refractivity contribution is -0.142. The van der Waals surface area contributed by atoms with Crippen LogP contribution in [0.3, 0.4) is 0 Å². The van der Waals surface area contributed by atoms with Gasteiger partial charge in [0.15, 0.2) is 0 Å². The molecule has 2 aromatic carbocycles. The highest BCUT2D eigenvalue weighted by molar-refractivity contribution is 6.33. The van der Waals surface area contributed by atoms with Crippen LogP contribution in [0.15, 0.2) is 42.5 Å². The minimum absolute atomic E-state index is 0.0493. The molecule has 0 radical (unpaired) electrons. The maximum Gasteiger partial charge on any atom is 0.404 e. The number of aryl methyl sites for hydroxylation is 1. The normalized spacial score (nSPS) is 22.6. The van der Waals surface area contributed by atoms with E-state index in [2.05, 4.69) is 29.7 Å². The number of benzene rings is 2. The van der Waals surface area contributed by atoms with Crippen molar-refractivity contribution in [3.8, 4) is 11.1 Å². The van der Waals surface area contributed by atoms with Crippen molar-refractivity contribution in [3.05, 3.63) is 58.6 Å². The summed E-state index contributed by atoms with van der Waals surface area (Å²) >= 11 is 6.85. The second kappa shape index (κ2) is 14.5. The summed E-state index contributed by atoms with van der Waals surface area (Å²) in [6, 6.07) is 13.9. The fraction of sp³-hybridized carbons (Fsp3) is 0.576. The molecule has 4 rings (SSSR count). The molecule has 0 bridgehead atoms. The Bertz CT molecular complexity index is 1180. The van der Waals surface area contributed by atoms with E-state index in [9.17, 15) is 14.7 Å². The molecule has 1 heterocycles. The van der Waals surface area contributed by atoms with E-state index < -0.39 is 11.7 Å². The molecule has 2 aliphatic rings. The molecule has 0 spiro atoms. The standard InChI is InChI=1S/C33H46ClN3O4/c1-3-23-8-4-9-26(20-23)30-28(11-5-12-29(30)34)33(41,17-7-18-36-32(39)40)27-10-6-19-37(22-27)31(38)25-15-13-24(14-16-25)21-35-2/h4-5,8-9,11-12,20,24-25,27,35-36,41H,3,6-7,10,13-19,21-22H2,1-2H3,(H,39,40). The van der Waals surface area contributed by atoms with Crippen molar-refractivity contribution in [2.45, 2.75) is 70.3 Å². The Morgan fingerprint density at radius 3 is 2.56 bits per heavy atom. The van der Waals surface area contributed by atoms with E-state index in [0.717, 1.165) is 68.2 Å². The van der Waals surface area contributed by atoms with Gasteiger partial charge in [0.2, 0.25) is 5.91 Å². The van der Waals surface area contributed by atoms with Crippen molar-refractivity contribution in [2.75, 3.05) is 33.2 Å². The van der Waals surface area contributed by atoms with Crippen molar-refractivity contribution in [3.63, 3.8) is 0 Å². The summed E-state index contributed by atoms with van der Waals surface area (Å²) in [6.07, 6.45) is 6.20. The van der Waals surface area contributed by atoms with Gasteiger partial charge in [-0.1, -0.05) is 54.9 Å². The van der Waals surface area contributed by atoms with Crippen molar-refractivity contribution < 1.29 is 19.8 Å². The largest absolute Gasteiger partial charge is 0.465 e. The fourth-order valence-electron chi connectivity index (χ4n) is 6.96. The molecule has 41 heavy (non-hydrogen) atoms. The average molecular weight is 584 g/mol. The van der Waals surface area contributed by atoms with E-state index >= 15 is 0 Å². The van der Waals surface area contributed by atoms with Gasteiger partial charge in [-0.25, -0.2) is 4.79 Å². The van der Waals surface area contributed by atoms with E-state index in [-0.39, 0.29) is 24.3 Å². The number of carbonyl (C=O) groups is 2. The number of amides is 2. The number of nitrogens with one attached hydrogen (secondary N) is 2. The molecule has 1 aliphatic carbocycles. The van der Waals surface area contributed by atoms with E-state index in [4.69, 9.17) is 16.7 Å². The number of carbonyl (C=O) groups excluding carboxylic acids is 1. The number of hydrogen-bond donors (Lipinski definition) is 4. The predicted octanol–water partition coefficient (Wildman–Crippen LogP) is 6.07. The van der Waals surface area contributed by atoms with Gasteiger partial charge in [0.05, 0.1) is 5.60 Å². The molecule has 4 N–H and O–H groups in total. The highest BCUT2D eigenvalue weighted by Crippen LogP contribution is 2.46. The Morgan fingerprint density at radius 1 is 1.10 bits per heavy atom. The summed E-state index contributed by atoms with van der Waals surface area (Å²) in [6.45, 7) is 4.55. The van der Waals surface area contributed by atoms with Gasteiger partial charge in [0, 0.05) is 42.1 Å². The maximum absolute atomic E-state index is 13.7. The van der Waals surface area contributed by atoms with Crippen LogP contribution in [0.5, 0.6) is 0 Å². The van der Waals surface area contributed by atoms with Gasteiger partial charge in [0.25, 0.3) is 0 Å². The summed E-state index contributed by atoms with van der Waals surface area (Å²) in [4.78, 5) is 26.8. The number of rotatable bonds is 11. The Balaban J connectivity index is 1.63. The van der Waals surface area contributed by atoms with E-state index in [1.165, 1.54) is 5.56 Å². The monoisotopic (exact) mass is 583 g/mol. The van der Waals surface area contributed by atoms with Crippen molar-refractivity contribution in [1.82, 2.24) is 15.5 Å². The lowest BCUT2D eigenvalue weighted by atomic mass is 9.71. The zero-order chi connectivity index (χ0) is 29.4. The predicted molar refractivity (Wildman–Crippen MR) is 164 cm³/mol. The summed E-state index contributed by atoms with van der Waals surface area (Å²) < 4.78 is 0. The number of piperidine rings is 1. The zero-order valence-corrected chi connectivity index (χ0v) is 25.3. The van der Waals surface area contributed by atoms with E-state index in [1.807, 2.05) is 42.3 Å². The first-order chi connectivity index (χ1) is 19.8. The number of nitrogens with zero attached hydrogens (tertiary/aromatic N) is 1. The molecule has 2 atom stereocenters. The quantitative estimate of drug-likeness (QED) is 0.241. The number of carboxylic acid groups (broad SMARTS) is 1. The van der Waals surface area contributed by atoms with Crippen molar-refractivity contribution in [1.29, 1.82) is 0 Å². The van der Waals surface area contributed by atoms with Gasteiger partial charge < -0.3 is 25.7 Å². The zero-order valence-electron chi connectivity index (χ0n) is 24.5. The van der Waals surface area contributed by atoms with Crippen LogP contribution in [0.4, 0.5) is 4.79 Å². The summed E-state index contributed by atoms with van der Waals surface area (Å²) in [5.41, 5.74) is 2.41. The molecule has 224 valence electrons. The summed E-state index contributed by atoms with van der Waals surface area (Å²) in [7, 11) is 1.98. The molecule has 1 saturated carbocycles. The van der Waals surface area contributed by atoms with Crippen molar-refractivity contribution in [2.24, 2.45) is 17.8 Å². The molecule has 2 amide bonds. The third kappa shape index (κ3) is 7.62. The van der Waals surface area contributed by atoms with Gasteiger partial charge in [-0.15, -0.1) is 0 Å². The van der Waals surface area contributed by atoms with Crippen molar-refractivity contribution >= 4 is 23.6 Å². The van der Waals surface area contributed by atoms with Crippen LogP contribution < -0.4 is 10.6 Å². The van der Waals surface area contributed by atoms with E-state index in [1.54, 1.807) is 0 Å². The molecule has 7 nitrogen and oxygen atoms in total.